The highest BCUT2D eigenvalue weighted by Crippen LogP contribution is 2.25. The lowest BCUT2D eigenvalue weighted by atomic mass is 10.2. The Balaban J connectivity index is 1.98. The summed E-state index contributed by atoms with van der Waals surface area (Å²) in [5, 5.41) is 11.5. The Labute approximate surface area is 131 Å². The fourth-order valence-corrected chi connectivity index (χ4v) is 2.64. The van der Waals surface area contributed by atoms with E-state index in [9.17, 15) is 4.39 Å². The molecule has 6 heteroatoms. The zero-order valence-corrected chi connectivity index (χ0v) is 12.5. The van der Waals surface area contributed by atoms with Gasteiger partial charge in [-0.1, -0.05) is 31.2 Å². The van der Waals surface area contributed by atoms with Crippen LogP contribution in [0.1, 0.15) is 12.7 Å². The lowest BCUT2D eigenvalue weighted by Crippen LogP contribution is -2.03. The molecule has 2 heterocycles. The molecular weight excluding hydrogens is 293 g/mol. The van der Waals surface area contributed by atoms with E-state index < -0.39 is 0 Å². The van der Waals surface area contributed by atoms with Crippen molar-refractivity contribution in [2.75, 3.05) is 5.32 Å². The number of anilines is 2. The van der Waals surface area contributed by atoms with Gasteiger partial charge in [-0.25, -0.2) is 9.37 Å². The molecule has 0 radical (unpaired) electrons. The number of nitrogens with zero attached hydrogens (tertiary/aromatic N) is 4. The molecule has 0 aliphatic carbocycles. The number of rotatable bonds is 3. The first-order valence-electron chi connectivity index (χ1n) is 7.42. The summed E-state index contributed by atoms with van der Waals surface area (Å²) in [4.78, 5) is 4.59. The fraction of sp³-hybridized carbons (Fsp3) is 0.118. The summed E-state index contributed by atoms with van der Waals surface area (Å²) >= 11 is 0. The number of nitrogens with one attached hydrogen (secondary N) is 1. The van der Waals surface area contributed by atoms with Crippen molar-refractivity contribution in [1.82, 2.24) is 19.6 Å². The molecule has 0 aliphatic heterocycles. The molecule has 0 saturated heterocycles. The van der Waals surface area contributed by atoms with Crippen molar-refractivity contribution in [2.24, 2.45) is 0 Å². The predicted octanol–water partition coefficient (Wildman–Crippen LogP) is 3.72. The van der Waals surface area contributed by atoms with Crippen LogP contribution in [0.15, 0.2) is 48.5 Å². The summed E-state index contributed by atoms with van der Waals surface area (Å²) in [6.07, 6.45) is 0.744. The minimum Gasteiger partial charge on any atom is -0.335 e. The third-order valence-electron chi connectivity index (χ3n) is 3.74. The first-order chi connectivity index (χ1) is 11.3. The van der Waals surface area contributed by atoms with Gasteiger partial charge < -0.3 is 5.32 Å². The van der Waals surface area contributed by atoms with Gasteiger partial charge in [-0.2, -0.15) is 0 Å². The van der Waals surface area contributed by atoms with Gasteiger partial charge >= 0.3 is 0 Å². The van der Waals surface area contributed by atoms with E-state index in [2.05, 4.69) is 20.5 Å². The van der Waals surface area contributed by atoms with Crippen LogP contribution in [0.25, 0.3) is 16.7 Å². The average molecular weight is 307 g/mol. The zero-order valence-electron chi connectivity index (χ0n) is 12.5. The van der Waals surface area contributed by atoms with E-state index in [0.29, 0.717) is 17.2 Å². The number of hydrogen-bond donors (Lipinski definition) is 1. The number of para-hydroxylation sites is 3. The molecule has 0 amide bonds. The number of benzene rings is 2. The standard InChI is InChI=1S/C17H14FN5/c1-2-15-21-22-17-16(19-12-8-4-3-7-11(12)18)20-13-9-5-6-10-14(13)23(15)17/h3-10H,2H2,1H3,(H,19,20). The summed E-state index contributed by atoms with van der Waals surface area (Å²) < 4.78 is 15.9. The number of aromatic nitrogens is 4. The van der Waals surface area contributed by atoms with Gasteiger partial charge in [0.05, 0.1) is 16.7 Å². The van der Waals surface area contributed by atoms with Crippen LogP contribution in [0.3, 0.4) is 0 Å². The van der Waals surface area contributed by atoms with Gasteiger partial charge in [-0.3, -0.25) is 4.40 Å². The predicted molar refractivity (Wildman–Crippen MR) is 87.3 cm³/mol. The number of aryl methyl sites for hydroxylation is 1. The highest BCUT2D eigenvalue weighted by atomic mass is 19.1. The minimum absolute atomic E-state index is 0.337. The van der Waals surface area contributed by atoms with Crippen molar-refractivity contribution in [1.29, 1.82) is 0 Å². The molecule has 2 aromatic carbocycles. The highest BCUT2D eigenvalue weighted by Gasteiger charge is 2.15. The molecule has 0 atom stereocenters. The van der Waals surface area contributed by atoms with Crippen LogP contribution in [-0.2, 0) is 6.42 Å². The maximum Gasteiger partial charge on any atom is 0.204 e. The lowest BCUT2D eigenvalue weighted by Gasteiger charge is -2.10. The van der Waals surface area contributed by atoms with Gasteiger partial charge in [-0.15, -0.1) is 10.2 Å². The number of fused-ring (bicyclic) bond motifs is 3. The largest absolute Gasteiger partial charge is 0.335 e. The molecule has 0 unspecified atom stereocenters. The molecule has 4 rings (SSSR count). The van der Waals surface area contributed by atoms with E-state index in [-0.39, 0.29) is 5.82 Å². The van der Waals surface area contributed by atoms with Crippen molar-refractivity contribution in [3.05, 3.63) is 60.2 Å². The summed E-state index contributed by atoms with van der Waals surface area (Å²) in [6, 6.07) is 14.3. The van der Waals surface area contributed by atoms with Crippen LogP contribution in [0.5, 0.6) is 0 Å². The molecule has 1 N–H and O–H groups in total. The second kappa shape index (κ2) is 5.31. The molecule has 23 heavy (non-hydrogen) atoms. The van der Waals surface area contributed by atoms with Crippen molar-refractivity contribution in [3.63, 3.8) is 0 Å². The maximum atomic E-state index is 13.9. The normalized spacial score (nSPS) is 11.2. The SMILES string of the molecule is CCc1nnc2c(Nc3ccccc3F)nc3ccccc3n12. The van der Waals surface area contributed by atoms with Crippen molar-refractivity contribution >= 4 is 28.2 Å². The maximum absolute atomic E-state index is 13.9. The first kappa shape index (κ1) is 13.6. The Morgan fingerprint density at radius 2 is 1.83 bits per heavy atom. The van der Waals surface area contributed by atoms with Crippen LogP contribution in [0, 0.1) is 5.82 Å². The molecule has 0 spiro atoms. The van der Waals surface area contributed by atoms with Crippen LogP contribution >= 0.6 is 0 Å². The van der Waals surface area contributed by atoms with E-state index in [4.69, 9.17) is 0 Å². The Morgan fingerprint density at radius 1 is 1.04 bits per heavy atom. The fourth-order valence-electron chi connectivity index (χ4n) is 2.64. The molecular formula is C17H14FN5. The average Bonchev–Trinajstić information content (AvgIpc) is 3.02. The molecule has 2 aromatic heterocycles. The highest BCUT2D eigenvalue weighted by molar-refractivity contribution is 5.84. The van der Waals surface area contributed by atoms with Gasteiger partial charge in [0, 0.05) is 6.42 Å². The Hall–Kier alpha value is -3.02. The third kappa shape index (κ3) is 2.19. The van der Waals surface area contributed by atoms with E-state index in [1.54, 1.807) is 18.2 Å². The summed E-state index contributed by atoms with van der Waals surface area (Å²) in [7, 11) is 0. The molecule has 0 aliphatic rings. The zero-order chi connectivity index (χ0) is 15.8. The second-order valence-corrected chi connectivity index (χ2v) is 5.18. The third-order valence-corrected chi connectivity index (χ3v) is 3.74. The molecule has 4 aromatic rings. The van der Waals surface area contributed by atoms with E-state index >= 15 is 0 Å². The summed E-state index contributed by atoms with van der Waals surface area (Å²) in [5.74, 6) is 0.993. The topological polar surface area (TPSA) is 55.1 Å². The van der Waals surface area contributed by atoms with Gasteiger partial charge in [0.15, 0.2) is 5.82 Å². The molecule has 0 bridgehead atoms. The molecule has 0 fully saturated rings. The lowest BCUT2D eigenvalue weighted by molar-refractivity contribution is 0.632. The molecule has 0 saturated carbocycles. The van der Waals surface area contributed by atoms with Crippen LogP contribution in [0.4, 0.5) is 15.9 Å². The minimum atomic E-state index is -0.337. The van der Waals surface area contributed by atoms with E-state index in [1.165, 1.54) is 6.07 Å². The Bertz CT molecular complexity index is 1010. The van der Waals surface area contributed by atoms with Crippen LogP contribution < -0.4 is 5.32 Å². The summed E-state index contributed by atoms with van der Waals surface area (Å²) in [6.45, 7) is 2.02. The quantitative estimate of drug-likeness (QED) is 0.626. The number of halogens is 1. The summed E-state index contributed by atoms with van der Waals surface area (Å²) in [5.41, 5.74) is 2.68. The number of hydrogen-bond acceptors (Lipinski definition) is 4. The molecule has 114 valence electrons. The molecule has 5 nitrogen and oxygen atoms in total. The second-order valence-electron chi connectivity index (χ2n) is 5.18. The monoisotopic (exact) mass is 307 g/mol. The van der Waals surface area contributed by atoms with Crippen molar-refractivity contribution < 1.29 is 4.39 Å². The first-order valence-corrected chi connectivity index (χ1v) is 7.42. The Kier molecular flexibility index (Phi) is 3.15. The van der Waals surface area contributed by atoms with Gasteiger partial charge in [0.1, 0.15) is 11.6 Å². The smallest absolute Gasteiger partial charge is 0.204 e. The van der Waals surface area contributed by atoms with Gasteiger partial charge in [0.2, 0.25) is 5.65 Å². The van der Waals surface area contributed by atoms with Gasteiger partial charge in [0.25, 0.3) is 0 Å². The van der Waals surface area contributed by atoms with Crippen LogP contribution in [-0.4, -0.2) is 19.6 Å². The van der Waals surface area contributed by atoms with Crippen molar-refractivity contribution in [3.8, 4) is 0 Å². The Morgan fingerprint density at radius 3 is 2.65 bits per heavy atom. The van der Waals surface area contributed by atoms with Gasteiger partial charge in [-0.05, 0) is 24.3 Å². The van der Waals surface area contributed by atoms with Crippen LogP contribution in [0.2, 0.25) is 0 Å². The van der Waals surface area contributed by atoms with E-state index in [0.717, 1.165) is 23.3 Å². The van der Waals surface area contributed by atoms with E-state index in [1.807, 2.05) is 35.6 Å². The van der Waals surface area contributed by atoms with Crippen molar-refractivity contribution in [2.45, 2.75) is 13.3 Å².